The Morgan fingerprint density at radius 1 is 1.00 bits per heavy atom. The van der Waals surface area contributed by atoms with Crippen molar-refractivity contribution >= 4 is 5.91 Å². The van der Waals surface area contributed by atoms with E-state index in [1.807, 2.05) is 0 Å². The van der Waals surface area contributed by atoms with Gasteiger partial charge >= 0.3 is 0 Å². The van der Waals surface area contributed by atoms with Crippen LogP contribution in [0, 0.1) is 0 Å². The highest BCUT2D eigenvalue weighted by Crippen LogP contribution is 2.34. The lowest BCUT2D eigenvalue weighted by Gasteiger charge is -2.36. The van der Waals surface area contributed by atoms with Crippen molar-refractivity contribution in [2.75, 3.05) is 53.0 Å². The van der Waals surface area contributed by atoms with E-state index in [-0.39, 0.29) is 0 Å². The van der Waals surface area contributed by atoms with Crippen LogP contribution < -0.4 is 0 Å². The molecule has 0 N–H and O–H groups in total. The SMILES string of the molecule is COCCN1CCN(CC(=O)N(C2CCCC2)C2CC2)CC1. The van der Waals surface area contributed by atoms with Crippen LogP contribution in [-0.4, -0.2) is 85.7 Å². The van der Waals surface area contributed by atoms with E-state index >= 15 is 0 Å². The first kappa shape index (κ1) is 16.2. The van der Waals surface area contributed by atoms with Crippen molar-refractivity contribution in [1.29, 1.82) is 0 Å². The summed E-state index contributed by atoms with van der Waals surface area (Å²) in [6, 6.07) is 1.11. The summed E-state index contributed by atoms with van der Waals surface area (Å²) in [5.41, 5.74) is 0. The molecule has 5 nitrogen and oxygen atoms in total. The van der Waals surface area contributed by atoms with E-state index in [1.165, 1.54) is 38.5 Å². The second kappa shape index (κ2) is 7.75. The highest BCUT2D eigenvalue weighted by molar-refractivity contribution is 5.79. The number of carbonyl (C=O) groups is 1. The highest BCUT2D eigenvalue weighted by Gasteiger charge is 2.38. The molecular formula is C17H31N3O2. The predicted molar refractivity (Wildman–Crippen MR) is 86.9 cm³/mol. The van der Waals surface area contributed by atoms with Gasteiger partial charge in [-0.2, -0.15) is 0 Å². The van der Waals surface area contributed by atoms with Crippen LogP contribution in [0.25, 0.3) is 0 Å². The zero-order chi connectivity index (χ0) is 15.4. The van der Waals surface area contributed by atoms with Gasteiger partial charge in [-0.25, -0.2) is 0 Å². The molecule has 3 aliphatic rings. The molecule has 0 unspecified atom stereocenters. The fourth-order valence-electron chi connectivity index (χ4n) is 3.90. The van der Waals surface area contributed by atoms with Gasteiger partial charge in [0.15, 0.2) is 0 Å². The summed E-state index contributed by atoms with van der Waals surface area (Å²) in [5.74, 6) is 0.389. The fourth-order valence-corrected chi connectivity index (χ4v) is 3.90. The molecule has 0 spiro atoms. The van der Waals surface area contributed by atoms with Gasteiger partial charge in [-0.1, -0.05) is 12.8 Å². The topological polar surface area (TPSA) is 36.0 Å². The normalized spacial score (nSPS) is 24.8. The van der Waals surface area contributed by atoms with Crippen molar-refractivity contribution in [3.63, 3.8) is 0 Å². The molecule has 22 heavy (non-hydrogen) atoms. The number of nitrogens with zero attached hydrogens (tertiary/aromatic N) is 3. The number of rotatable bonds is 7. The Labute approximate surface area is 134 Å². The predicted octanol–water partition coefficient (Wildman–Crippen LogP) is 1.18. The van der Waals surface area contributed by atoms with Gasteiger partial charge in [-0.05, 0) is 25.7 Å². The molecule has 5 heteroatoms. The summed E-state index contributed by atoms with van der Waals surface area (Å²) in [4.78, 5) is 19.8. The third-order valence-electron chi connectivity index (χ3n) is 5.38. The molecule has 3 rings (SSSR count). The molecular weight excluding hydrogens is 278 g/mol. The first-order valence-electron chi connectivity index (χ1n) is 9.02. The second-order valence-corrected chi connectivity index (χ2v) is 7.08. The van der Waals surface area contributed by atoms with E-state index in [2.05, 4.69) is 14.7 Å². The minimum absolute atomic E-state index is 0.389. The highest BCUT2D eigenvalue weighted by atomic mass is 16.5. The van der Waals surface area contributed by atoms with Gasteiger partial charge in [-0.15, -0.1) is 0 Å². The van der Waals surface area contributed by atoms with Crippen LogP contribution >= 0.6 is 0 Å². The minimum Gasteiger partial charge on any atom is -0.383 e. The van der Waals surface area contributed by atoms with E-state index < -0.39 is 0 Å². The van der Waals surface area contributed by atoms with E-state index in [0.717, 1.165) is 39.3 Å². The fraction of sp³-hybridized carbons (Fsp3) is 0.941. The van der Waals surface area contributed by atoms with Gasteiger partial charge < -0.3 is 9.64 Å². The quantitative estimate of drug-likeness (QED) is 0.708. The molecule has 1 amide bonds. The Balaban J connectivity index is 1.45. The van der Waals surface area contributed by atoms with Gasteiger partial charge in [0.05, 0.1) is 13.2 Å². The Hall–Kier alpha value is -0.650. The molecule has 1 saturated heterocycles. The van der Waals surface area contributed by atoms with Crippen molar-refractivity contribution in [1.82, 2.24) is 14.7 Å². The number of ether oxygens (including phenoxy) is 1. The summed E-state index contributed by atoms with van der Waals surface area (Å²) in [7, 11) is 1.75. The maximum Gasteiger partial charge on any atom is 0.237 e. The largest absolute Gasteiger partial charge is 0.383 e. The zero-order valence-electron chi connectivity index (χ0n) is 14.0. The maximum absolute atomic E-state index is 12.8. The van der Waals surface area contributed by atoms with Gasteiger partial charge in [0.2, 0.25) is 5.91 Å². The first-order valence-corrected chi connectivity index (χ1v) is 9.02. The van der Waals surface area contributed by atoms with Gasteiger partial charge in [0.1, 0.15) is 0 Å². The average Bonchev–Trinajstić information content (AvgIpc) is 3.21. The van der Waals surface area contributed by atoms with E-state index in [0.29, 0.717) is 24.5 Å². The summed E-state index contributed by atoms with van der Waals surface area (Å²) < 4.78 is 5.14. The third-order valence-corrected chi connectivity index (χ3v) is 5.38. The molecule has 0 atom stereocenters. The molecule has 0 aromatic rings. The van der Waals surface area contributed by atoms with Gasteiger partial charge in [-0.3, -0.25) is 14.6 Å². The number of methoxy groups -OCH3 is 1. The lowest BCUT2D eigenvalue weighted by atomic mass is 10.2. The van der Waals surface area contributed by atoms with E-state index in [9.17, 15) is 4.79 Å². The number of piperazine rings is 1. The van der Waals surface area contributed by atoms with Crippen molar-refractivity contribution < 1.29 is 9.53 Å². The summed E-state index contributed by atoms with van der Waals surface area (Å²) in [6.07, 6.45) is 7.53. The monoisotopic (exact) mass is 309 g/mol. The van der Waals surface area contributed by atoms with Crippen LogP contribution in [0.15, 0.2) is 0 Å². The van der Waals surface area contributed by atoms with Crippen molar-refractivity contribution in [3.8, 4) is 0 Å². The first-order chi connectivity index (χ1) is 10.8. The third kappa shape index (κ3) is 4.21. The van der Waals surface area contributed by atoms with Crippen LogP contribution in [0.2, 0.25) is 0 Å². The maximum atomic E-state index is 12.8. The molecule has 1 aliphatic heterocycles. The van der Waals surface area contributed by atoms with Crippen molar-refractivity contribution in [3.05, 3.63) is 0 Å². The molecule has 0 aromatic carbocycles. The number of hydrogen-bond acceptors (Lipinski definition) is 4. The molecule has 2 saturated carbocycles. The van der Waals surface area contributed by atoms with Crippen molar-refractivity contribution in [2.45, 2.75) is 50.6 Å². The Bertz CT molecular complexity index is 359. The van der Waals surface area contributed by atoms with Crippen LogP contribution in [0.5, 0.6) is 0 Å². The van der Waals surface area contributed by atoms with Crippen LogP contribution in [0.1, 0.15) is 38.5 Å². The molecule has 0 aromatic heterocycles. The van der Waals surface area contributed by atoms with Gasteiger partial charge in [0.25, 0.3) is 0 Å². The molecule has 1 heterocycles. The second-order valence-electron chi connectivity index (χ2n) is 7.08. The van der Waals surface area contributed by atoms with Crippen molar-refractivity contribution in [2.24, 2.45) is 0 Å². The number of carbonyl (C=O) groups excluding carboxylic acids is 1. The zero-order valence-corrected chi connectivity index (χ0v) is 14.0. The summed E-state index contributed by atoms with van der Waals surface area (Å²) >= 11 is 0. The lowest BCUT2D eigenvalue weighted by Crippen LogP contribution is -2.52. The minimum atomic E-state index is 0.389. The molecule has 126 valence electrons. The van der Waals surface area contributed by atoms with E-state index in [4.69, 9.17) is 4.74 Å². The van der Waals surface area contributed by atoms with E-state index in [1.54, 1.807) is 7.11 Å². The van der Waals surface area contributed by atoms with Crippen LogP contribution in [0.4, 0.5) is 0 Å². The molecule has 3 fully saturated rings. The Morgan fingerprint density at radius 3 is 2.18 bits per heavy atom. The number of hydrogen-bond donors (Lipinski definition) is 0. The molecule has 0 bridgehead atoms. The molecule has 0 radical (unpaired) electrons. The summed E-state index contributed by atoms with van der Waals surface area (Å²) in [5, 5.41) is 0. The molecule has 2 aliphatic carbocycles. The lowest BCUT2D eigenvalue weighted by molar-refractivity contribution is -0.135. The van der Waals surface area contributed by atoms with Crippen LogP contribution in [-0.2, 0) is 9.53 Å². The number of amides is 1. The standard InChI is InChI=1S/C17H31N3O2/c1-22-13-12-18-8-10-19(11-9-18)14-17(21)20(16-6-7-16)15-4-2-3-5-15/h15-16H,2-14H2,1H3. The Kier molecular flexibility index (Phi) is 5.71. The van der Waals surface area contributed by atoms with Gasteiger partial charge in [0, 0.05) is 51.9 Å². The smallest absolute Gasteiger partial charge is 0.237 e. The van der Waals surface area contributed by atoms with Crippen LogP contribution in [0.3, 0.4) is 0 Å². The summed E-state index contributed by atoms with van der Waals surface area (Å²) in [6.45, 7) is 6.58. The average molecular weight is 309 g/mol. The Morgan fingerprint density at radius 2 is 1.59 bits per heavy atom.